The van der Waals surface area contributed by atoms with Crippen LogP contribution in [-0.2, 0) is 15.2 Å². The second-order valence-corrected chi connectivity index (χ2v) is 5.96. The lowest BCUT2D eigenvalue weighted by Crippen LogP contribution is -2.43. The predicted molar refractivity (Wildman–Crippen MR) is 90.2 cm³/mol. The topological polar surface area (TPSA) is 96.9 Å². The number of carbonyl (C=O) groups is 2. The lowest BCUT2D eigenvalue weighted by atomic mass is 9.95. The molecule has 2 amide bonds. The number of benzene rings is 2. The second kappa shape index (κ2) is 7.01. The molecule has 26 heavy (non-hydrogen) atoms. The van der Waals surface area contributed by atoms with Crippen LogP contribution in [0.5, 0.6) is 11.5 Å². The Morgan fingerprint density at radius 2 is 1.88 bits per heavy atom. The van der Waals surface area contributed by atoms with Crippen LogP contribution in [0.3, 0.4) is 0 Å². The summed E-state index contributed by atoms with van der Waals surface area (Å²) in [4.78, 5) is 23.8. The highest BCUT2D eigenvalue weighted by Crippen LogP contribution is 2.35. The van der Waals surface area contributed by atoms with E-state index in [1.165, 1.54) is 25.1 Å². The molecule has 0 aromatic heterocycles. The Hall–Kier alpha value is -3.13. The number of hydrogen-bond acceptors (Lipinski definition) is 5. The fourth-order valence-electron chi connectivity index (χ4n) is 2.41. The van der Waals surface area contributed by atoms with Gasteiger partial charge in [-0.25, -0.2) is 4.39 Å². The van der Waals surface area contributed by atoms with Crippen LogP contribution in [0, 0.1) is 5.82 Å². The summed E-state index contributed by atoms with van der Waals surface area (Å²) < 4.78 is 24.0. The van der Waals surface area contributed by atoms with Crippen molar-refractivity contribution in [2.24, 2.45) is 0 Å². The summed E-state index contributed by atoms with van der Waals surface area (Å²) in [5, 5.41) is 15.1. The van der Waals surface area contributed by atoms with E-state index in [4.69, 9.17) is 9.47 Å². The molecule has 8 heteroatoms. The Kier molecular flexibility index (Phi) is 4.77. The summed E-state index contributed by atoms with van der Waals surface area (Å²) in [6.45, 7) is 1.36. The van der Waals surface area contributed by atoms with Gasteiger partial charge < -0.3 is 25.2 Å². The number of rotatable bonds is 4. The number of amides is 2. The number of para-hydroxylation sites is 1. The molecule has 7 nitrogen and oxygen atoms in total. The van der Waals surface area contributed by atoms with E-state index in [1.807, 2.05) is 0 Å². The molecular formula is C18H17FN2O5. The number of fused-ring (bicyclic) bond motifs is 1. The smallest absolute Gasteiger partial charge is 0.313 e. The number of aliphatic hydroxyl groups is 1. The minimum atomic E-state index is -1.45. The van der Waals surface area contributed by atoms with Crippen molar-refractivity contribution in [3.63, 3.8) is 0 Å². The highest BCUT2D eigenvalue weighted by Gasteiger charge is 2.28. The molecule has 0 saturated carbocycles. The normalized spacial score (nSPS) is 14.4. The van der Waals surface area contributed by atoms with Gasteiger partial charge in [-0.05, 0) is 36.8 Å². The number of hydrogen-bond donors (Lipinski definition) is 3. The molecular weight excluding hydrogens is 343 g/mol. The van der Waals surface area contributed by atoms with Crippen LogP contribution in [-0.4, -0.2) is 30.3 Å². The molecule has 0 fully saturated rings. The van der Waals surface area contributed by atoms with Crippen LogP contribution in [0.1, 0.15) is 12.5 Å². The van der Waals surface area contributed by atoms with Crippen molar-refractivity contribution in [1.82, 2.24) is 5.32 Å². The summed E-state index contributed by atoms with van der Waals surface area (Å²) in [7, 11) is 0. The zero-order valence-electron chi connectivity index (χ0n) is 13.9. The van der Waals surface area contributed by atoms with Gasteiger partial charge in [-0.2, -0.15) is 0 Å². The SMILES string of the molecule is CC(O)(CNC(=O)C(=O)Nc1ccccc1F)c1ccc2c(c1)OCO2. The Balaban J connectivity index is 1.61. The van der Waals surface area contributed by atoms with Crippen LogP contribution < -0.4 is 20.1 Å². The first-order valence-electron chi connectivity index (χ1n) is 7.83. The molecule has 136 valence electrons. The third-order valence-electron chi connectivity index (χ3n) is 3.92. The monoisotopic (exact) mass is 360 g/mol. The first kappa shape index (κ1) is 17.7. The fourth-order valence-corrected chi connectivity index (χ4v) is 2.41. The maximum atomic E-state index is 13.5. The fraction of sp³-hybridized carbons (Fsp3) is 0.222. The van der Waals surface area contributed by atoms with E-state index < -0.39 is 23.2 Å². The largest absolute Gasteiger partial charge is 0.454 e. The van der Waals surface area contributed by atoms with Gasteiger partial charge in [-0.1, -0.05) is 18.2 Å². The number of ether oxygens (including phenoxy) is 2. The quantitative estimate of drug-likeness (QED) is 0.719. The zero-order valence-corrected chi connectivity index (χ0v) is 13.9. The number of anilines is 1. The van der Waals surface area contributed by atoms with Gasteiger partial charge in [-0.15, -0.1) is 0 Å². The zero-order chi connectivity index (χ0) is 18.7. The standard InChI is InChI=1S/C18H17FN2O5/c1-18(24,11-6-7-14-15(8-11)26-10-25-14)9-20-16(22)17(23)21-13-5-3-2-4-12(13)19/h2-8,24H,9-10H2,1H3,(H,20,22)(H,21,23). The van der Waals surface area contributed by atoms with Crippen LogP contribution in [0.4, 0.5) is 10.1 Å². The van der Waals surface area contributed by atoms with E-state index in [0.717, 1.165) is 6.07 Å². The van der Waals surface area contributed by atoms with Gasteiger partial charge >= 0.3 is 11.8 Å². The summed E-state index contributed by atoms with van der Waals surface area (Å²) in [6, 6.07) is 10.4. The average molecular weight is 360 g/mol. The molecule has 1 heterocycles. The third-order valence-corrected chi connectivity index (χ3v) is 3.92. The molecule has 0 bridgehead atoms. The summed E-state index contributed by atoms with van der Waals surface area (Å²) in [5.74, 6) is -1.61. The van der Waals surface area contributed by atoms with Gasteiger partial charge in [0, 0.05) is 0 Å². The maximum Gasteiger partial charge on any atom is 0.313 e. The first-order chi connectivity index (χ1) is 12.4. The predicted octanol–water partition coefficient (Wildman–Crippen LogP) is 1.52. The molecule has 3 N–H and O–H groups in total. The summed E-state index contributed by atoms with van der Waals surface area (Å²) >= 11 is 0. The van der Waals surface area contributed by atoms with Crippen molar-refractivity contribution in [3.8, 4) is 11.5 Å². The number of halogens is 1. The van der Waals surface area contributed by atoms with Crippen molar-refractivity contribution in [2.45, 2.75) is 12.5 Å². The first-order valence-corrected chi connectivity index (χ1v) is 7.83. The summed E-state index contributed by atoms with van der Waals surface area (Å²) in [6.07, 6.45) is 0. The van der Waals surface area contributed by atoms with E-state index in [1.54, 1.807) is 18.2 Å². The van der Waals surface area contributed by atoms with E-state index in [-0.39, 0.29) is 19.0 Å². The minimum Gasteiger partial charge on any atom is -0.454 e. The molecule has 2 aromatic carbocycles. The molecule has 0 spiro atoms. The van der Waals surface area contributed by atoms with E-state index in [2.05, 4.69) is 10.6 Å². The van der Waals surface area contributed by atoms with E-state index >= 15 is 0 Å². The van der Waals surface area contributed by atoms with Crippen molar-refractivity contribution in [3.05, 3.63) is 53.8 Å². The van der Waals surface area contributed by atoms with Crippen LogP contribution in [0.15, 0.2) is 42.5 Å². The molecule has 2 aromatic rings. The average Bonchev–Trinajstić information content (AvgIpc) is 3.09. The Labute approximate surface area is 148 Å². The number of nitrogens with one attached hydrogen (secondary N) is 2. The van der Waals surface area contributed by atoms with E-state index in [9.17, 15) is 19.1 Å². The van der Waals surface area contributed by atoms with Gasteiger partial charge in [0.1, 0.15) is 11.4 Å². The molecule has 1 atom stereocenters. The van der Waals surface area contributed by atoms with Crippen LogP contribution in [0.25, 0.3) is 0 Å². The van der Waals surface area contributed by atoms with Gasteiger partial charge in [0.2, 0.25) is 6.79 Å². The molecule has 0 radical (unpaired) electrons. The molecule has 1 unspecified atom stereocenters. The Bertz CT molecular complexity index is 853. The van der Waals surface area contributed by atoms with Crippen LogP contribution >= 0.6 is 0 Å². The van der Waals surface area contributed by atoms with Crippen molar-refractivity contribution in [2.75, 3.05) is 18.7 Å². The lowest BCUT2D eigenvalue weighted by Gasteiger charge is -2.24. The number of carbonyl (C=O) groups excluding carboxylic acids is 2. The van der Waals surface area contributed by atoms with Crippen molar-refractivity contribution < 1.29 is 28.6 Å². The summed E-state index contributed by atoms with van der Waals surface area (Å²) in [5.41, 5.74) is -1.07. The van der Waals surface area contributed by atoms with Crippen LogP contribution in [0.2, 0.25) is 0 Å². The Morgan fingerprint density at radius 1 is 1.15 bits per heavy atom. The molecule has 1 aliphatic heterocycles. The highest BCUT2D eigenvalue weighted by atomic mass is 19.1. The third kappa shape index (κ3) is 3.75. The van der Waals surface area contributed by atoms with Crippen molar-refractivity contribution in [1.29, 1.82) is 0 Å². The maximum absolute atomic E-state index is 13.5. The van der Waals surface area contributed by atoms with Gasteiger partial charge in [-0.3, -0.25) is 9.59 Å². The molecule has 0 saturated heterocycles. The molecule has 0 aliphatic carbocycles. The van der Waals surface area contributed by atoms with Gasteiger partial charge in [0.25, 0.3) is 0 Å². The van der Waals surface area contributed by atoms with Gasteiger partial charge in [0.15, 0.2) is 11.5 Å². The Morgan fingerprint density at radius 3 is 2.65 bits per heavy atom. The molecule has 1 aliphatic rings. The highest BCUT2D eigenvalue weighted by molar-refractivity contribution is 6.39. The molecule has 3 rings (SSSR count). The minimum absolute atomic E-state index is 0.102. The van der Waals surface area contributed by atoms with Crippen molar-refractivity contribution >= 4 is 17.5 Å². The van der Waals surface area contributed by atoms with Gasteiger partial charge in [0.05, 0.1) is 12.2 Å². The second-order valence-electron chi connectivity index (χ2n) is 5.96. The van der Waals surface area contributed by atoms with E-state index in [0.29, 0.717) is 17.1 Å². The lowest BCUT2D eigenvalue weighted by molar-refractivity contribution is -0.136.